The van der Waals surface area contributed by atoms with Gasteiger partial charge in [0, 0.05) is 6.54 Å². The molecule has 0 fully saturated rings. The molecule has 0 radical (unpaired) electrons. The number of nitrogens with one attached hydrogen (secondary N) is 1. The summed E-state index contributed by atoms with van der Waals surface area (Å²) in [6.45, 7) is 7.07. The van der Waals surface area contributed by atoms with Crippen LogP contribution in [0.5, 0.6) is 0 Å². The van der Waals surface area contributed by atoms with E-state index in [0.29, 0.717) is 5.92 Å². The van der Waals surface area contributed by atoms with Gasteiger partial charge in [-0.15, -0.1) is 0 Å². The number of aryl methyl sites for hydroxylation is 2. The third kappa shape index (κ3) is 5.13. The lowest BCUT2D eigenvalue weighted by molar-refractivity contribution is 0.532. The Bertz CT molecular complexity index is 490. The van der Waals surface area contributed by atoms with Crippen molar-refractivity contribution in [2.45, 2.75) is 39.8 Å². The summed E-state index contributed by atoms with van der Waals surface area (Å²) in [5.74, 6) is 1.54. The van der Waals surface area contributed by atoms with Crippen LogP contribution in [0.3, 0.4) is 0 Å². The van der Waals surface area contributed by atoms with Crippen LogP contribution >= 0.6 is 0 Å². The smallest absolute Gasteiger partial charge is 0.164 e. The van der Waals surface area contributed by atoms with E-state index in [0.717, 1.165) is 38.3 Å². The second-order valence-electron chi connectivity index (χ2n) is 5.54. The minimum Gasteiger partial charge on any atom is -0.310 e. The third-order valence-electron chi connectivity index (χ3n) is 3.12. The topological polar surface area (TPSA) is 42.7 Å². The van der Waals surface area contributed by atoms with Crippen LogP contribution in [0.25, 0.3) is 0 Å². The van der Waals surface area contributed by atoms with Gasteiger partial charge in [-0.1, -0.05) is 44.2 Å². The first-order chi connectivity index (χ1) is 9.74. The van der Waals surface area contributed by atoms with Gasteiger partial charge in [0.1, 0.15) is 6.33 Å². The van der Waals surface area contributed by atoms with E-state index in [1.54, 1.807) is 0 Å². The van der Waals surface area contributed by atoms with Crippen molar-refractivity contribution in [3.05, 3.63) is 48.0 Å². The summed E-state index contributed by atoms with van der Waals surface area (Å²) in [6, 6.07) is 10.6. The summed E-state index contributed by atoms with van der Waals surface area (Å²) in [7, 11) is 0. The fraction of sp³-hybridized carbons (Fsp3) is 0.500. The molecule has 0 bridgehead atoms. The molecule has 0 aliphatic heterocycles. The highest BCUT2D eigenvalue weighted by molar-refractivity contribution is 5.14. The number of nitrogens with zero attached hydrogens (tertiary/aromatic N) is 3. The van der Waals surface area contributed by atoms with Gasteiger partial charge in [0.25, 0.3) is 0 Å². The average molecular weight is 272 g/mol. The van der Waals surface area contributed by atoms with Crippen LogP contribution in [-0.2, 0) is 19.5 Å². The maximum Gasteiger partial charge on any atom is 0.164 e. The van der Waals surface area contributed by atoms with Gasteiger partial charge in [0.2, 0.25) is 0 Å². The van der Waals surface area contributed by atoms with E-state index in [1.807, 2.05) is 11.0 Å². The minimum atomic E-state index is 0.656. The average Bonchev–Trinajstić information content (AvgIpc) is 2.87. The molecule has 0 aliphatic carbocycles. The molecule has 2 aromatic rings. The first-order valence-corrected chi connectivity index (χ1v) is 7.37. The summed E-state index contributed by atoms with van der Waals surface area (Å²) in [4.78, 5) is 4.33. The summed E-state index contributed by atoms with van der Waals surface area (Å²) in [5, 5.41) is 7.84. The molecule has 4 nitrogen and oxygen atoms in total. The maximum absolute atomic E-state index is 4.48. The molecule has 1 heterocycles. The van der Waals surface area contributed by atoms with E-state index >= 15 is 0 Å². The van der Waals surface area contributed by atoms with Gasteiger partial charge in [0.05, 0.1) is 6.54 Å². The molecule has 2 rings (SSSR count). The molecule has 0 amide bonds. The molecule has 1 aromatic heterocycles. The van der Waals surface area contributed by atoms with Crippen LogP contribution in [0, 0.1) is 5.92 Å². The third-order valence-corrected chi connectivity index (χ3v) is 3.12. The first kappa shape index (κ1) is 14.7. The Kier molecular flexibility index (Phi) is 5.74. The van der Waals surface area contributed by atoms with Crippen molar-refractivity contribution in [3.8, 4) is 0 Å². The van der Waals surface area contributed by atoms with Crippen LogP contribution < -0.4 is 5.32 Å². The molecule has 0 spiro atoms. The fourth-order valence-corrected chi connectivity index (χ4v) is 2.08. The molecular weight excluding hydrogens is 248 g/mol. The van der Waals surface area contributed by atoms with Crippen LogP contribution in [0.2, 0.25) is 0 Å². The van der Waals surface area contributed by atoms with Gasteiger partial charge in [0.15, 0.2) is 5.82 Å². The lowest BCUT2D eigenvalue weighted by Gasteiger charge is -2.04. The van der Waals surface area contributed by atoms with Crippen molar-refractivity contribution in [1.29, 1.82) is 0 Å². The molecule has 0 aliphatic rings. The van der Waals surface area contributed by atoms with E-state index in [2.05, 4.69) is 59.6 Å². The van der Waals surface area contributed by atoms with E-state index < -0.39 is 0 Å². The Morgan fingerprint density at radius 2 is 2.00 bits per heavy atom. The second kappa shape index (κ2) is 7.80. The number of hydrogen-bond acceptors (Lipinski definition) is 3. The normalized spacial score (nSPS) is 11.2. The molecule has 0 saturated carbocycles. The minimum absolute atomic E-state index is 0.656. The van der Waals surface area contributed by atoms with Crippen LogP contribution in [0.1, 0.15) is 31.7 Å². The predicted molar refractivity (Wildman–Crippen MR) is 81.3 cm³/mol. The van der Waals surface area contributed by atoms with E-state index in [9.17, 15) is 0 Å². The lowest BCUT2D eigenvalue weighted by Crippen LogP contribution is -2.19. The number of rotatable bonds is 8. The first-order valence-electron chi connectivity index (χ1n) is 7.37. The largest absolute Gasteiger partial charge is 0.310 e. The Morgan fingerprint density at radius 1 is 1.20 bits per heavy atom. The quantitative estimate of drug-likeness (QED) is 0.803. The van der Waals surface area contributed by atoms with Crippen molar-refractivity contribution < 1.29 is 0 Å². The van der Waals surface area contributed by atoms with Crippen molar-refractivity contribution in [2.24, 2.45) is 5.92 Å². The highest BCUT2D eigenvalue weighted by atomic mass is 15.3. The van der Waals surface area contributed by atoms with Crippen molar-refractivity contribution in [3.63, 3.8) is 0 Å². The zero-order valence-corrected chi connectivity index (χ0v) is 12.4. The molecule has 1 N–H and O–H groups in total. The molecule has 20 heavy (non-hydrogen) atoms. The fourth-order valence-electron chi connectivity index (χ4n) is 2.08. The number of benzene rings is 1. The predicted octanol–water partition coefficient (Wildman–Crippen LogP) is 2.66. The highest BCUT2D eigenvalue weighted by Crippen LogP contribution is 2.03. The van der Waals surface area contributed by atoms with E-state index in [-0.39, 0.29) is 0 Å². The van der Waals surface area contributed by atoms with Gasteiger partial charge in [-0.2, -0.15) is 5.10 Å². The highest BCUT2D eigenvalue weighted by Gasteiger charge is 2.01. The van der Waals surface area contributed by atoms with Crippen molar-refractivity contribution in [2.75, 3.05) is 6.54 Å². The van der Waals surface area contributed by atoms with Gasteiger partial charge in [-0.3, -0.25) is 4.68 Å². The summed E-state index contributed by atoms with van der Waals surface area (Å²) < 4.78 is 1.94. The lowest BCUT2D eigenvalue weighted by atomic mass is 10.1. The summed E-state index contributed by atoms with van der Waals surface area (Å²) in [6.07, 6.45) is 4.01. The second-order valence-corrected chi connectivity index (χ2v) is 5.54. The molecule has 0 atom stereocenters. The molecule has 0 saturated heterocycles. The zero-order valence-electron chi connectivity index (χ0n) is 12.4. The molecule has 0 unspecified atom stereocenters. The number of aromatic nitrogens is 3. The monoisotopic (exact) mass is 272 g/mol. The van der Waals surface area contributed by atoms with Crippen LogP contribution in [0.15, 0.2) is 36.7 Å². The molecule has 108 valence electrons. The Labute approximate surface area is 121 Å². The van der Waals surface area contributed by atoms with Crippen molar-refractivity contribution in [1.82, 2.24) is 20.1 Å². The van der Waals surface area contributed by atoms with Gasteiger partial charge < -0.3 is 5.32 Å². The van der Waals surface area contributed by atoms with Crippen LogP contribution in [-0.4, -0.2) is 21.3 Å². The maximum atomic E-state index is 4.48. The van der Waals surface area contributed by atoms with Crippen LogP contribution in [0.4, 0.5) is 0 Å². The molecule has 4 heteroatoms. The zero-order chi connectivity index (χ0) is 14.2. The Balaban J connectivity index is 1.70. The van der Waals surface area contributed by atoms with Gasteiger partial charge >= 0.3 is 0 Å². The SMILES string of the molecule is CC(C)CNCc1ncn(CCCc2ccccc2)n1. The summed E-state index contributed by atoms with van der Waals surface area (Å²) >= 11 is 0. The standard InChI is InChI=1S/C16H24N4/c1-14(2)11-17-12-16-18-13-20(19-16)10-6-9-15-7-4-3-5-8-15/h3-5,7-8,13-14,17H,6,9-12H2,1-2H3. The molecule has 1 aromatic carbocycles. The van der Waals surface area contributed by atoms with Crippen molar-refractivity contribution >= 4 is 0 Å². The Morgan fingerprint density at radius 3 is 2.75 bits per heavy atom. The van der Waals surface area contributed by atoms with Gasteiger partial charge in [-0.25, -0.2) is 4.98 Å². The van der Waals surface area contributed by atoms with Gasteiger partial charge in [-0.05, 0) is 30.9 Å². The van der Waals surface area contributed by atoms with E-state index in [1.165, 1.54) is 5.56 Å². The number of hydrogen-bond donors (Lipinski definition) is 1. The molecular formula is C16H24N4. The Hall–Kier alpha value is -1.68. The summed E-state index contributed by atoms with van der Waals surface area (Å²) in [5.41, 5.74) is 1.38. The van der Waals surface area contributed by atoms with E-state index in [4.69, 9.17) is 0 Å².